The minimum atomic E-state index is -1.15. The molecule has 9 nitrogen and oxygen atoms in total. The molecule has 0 aromatic heterocycles. The lowest BCUT2D eigenvalue weighted by Gasteiger charge is -2.37. The van der Waals surface area contributed by atoms with E-state index in [1.54, 1.807) is 20.8 Å². The van der Waals surface area contributed by atoms with Crippen LogP contribution in [0, 0.1) is 0 Å². The van der Waals surface area contributed by atoms with Gasteiger partial charge in [-0.3, -0.25) is 9.59 Å². The summed E-state index contributed by atoms with van der Waals surface area (Å²) in [6, 6.07) is 26.8. The van der Waals surface area contributed by atoms with E-state index in [1.165, 1.54) is 4.90 Å². The summed E-state index contributed by atoms with van der Waals surface area (Å²) in [5.41, 5.74) is 0.694. The first-order valence-electron chi connectivity index (χ1n) is 14.5. The van der Waals surface area contributed by atoms with Crippen molar-refractivity contribution in [2.45, 2.75) is 69.7 Å². The largest absolute Gasteiger partial charge is 0.480 e. The molecule has 226 valence electrons. The molecule has 3 aromatic rings. The summed E-state index contributed by atoms with van der Waals surface area (Å²) in [5.74, 6) is -2.00. The number of amides is 3. The second kappa shape index (κ2) is 13.5. The van der Waals surface area contributed by atoms with Crippen molar-refractivity contribution in [1.82, 2.24) is 15.5 Å². The van der Waals surface area contributed by atoms with E-state index < -0.39 is 41.2 Å². The van der Waals surface area contributed by atoms with Crippen molar-refractivity contribution in [3.63, 3.8) is 0 Å². The molecular weight excluding hydrogens is 546 g/mol. The number of ether oxygens (including phenoxy) is 1. The predicted octanol–water partition coefficient (Wildman–Crippen LogP) is 4.84. The van der Waals surface area contributed by atoms with Gasteiger partial charge in [-0.25, -0.2) is 9.59 Å². The Morgan fingerprint density at radius 1 is 0.860 bits per heavy atom. The average molecular weight is 586 g/mol. The van der Waals surface area contributed by atoms with Crippen LogP contribution in [0.4, 0.5) is 4.79 Å². The summed E-state index contributed by atoms with van der Waals surface area (Å²) in [7, 11) is 0. The fraction of sp³-hybridized carbons (Fsp3) is 0.353. The number of nitrogens with one attached hydrogen (secondary N) is 2. The van der Waals surface area contributed by atoms with Crippen LogP contribution in [-0.4, -0.2) is 58.1 Å². The van der Waals surface area contributed by atoms with Crippen LogP contribution in [0.25, 0.3) is 0 Å². The van der Waals surface area contributed by atoms with E-state index in [0.717, 1.165) is 16.7 Å². The van der Waals surface area contributed by atoms with Crippen LogP contribution < -0.4 is 10.6 Å². The van der Waals surface area contributed by atoms with Gasteiger partial charge in [-0.2, -0.15) is 0 Å². The van der Waals surface area contributed by atoms with Crippen LogP contribution in [0.5, 0.6) is 0 Å². The highest BCUT2D eigenvalue weighted by molar-refractivity contribution is 5.90. The maximum Gasteiger partial charge on any atom is 0.408 e. The Morgan fingerprint density at radius 2 is 1.35 bits per heavy atom. The number of alkyl carbamates (subject to hydrolysis) is 1. The molecule has 1 fully saturated rings. The Morgan fingerprint density at radius 3 is 1.79 bits per heavy atom. The zero-order valence-electron chi connectivity index (χ0n) is 24.8. The lowest BCUT2D eigenvalue weighted by molar-refractivity contribution is -0.149. The maximum atomic E-state index is 13.8. The Balaban J connectivity index is 1.64. The van der Waals surface area contributed by atoms with Crippen molar-refractivity contribution in [3.05, 3.63) is 108 Å². The Kier molecular flexibility index (Phi) is 9.85. The number of benzene rings is 3. The van der Waals surface area contributed by atoms with E-state index in [1.807, 2.05) is 91.0 Å². The van der Waals surface area contributed by atoms with Crippen LogP contribution >= 0.6 is 0 Å². The van der Waals surface area contributed by atoms with Crippen molar-refractivity contribution in [3.8, 4) is 0 Å². The molecule has 3 N–H and O–H groups in total. The van der Waals surface area contributed by atoms with Crippen LogP contribution in [0.1, 0.15) is 63.1 Å². The smallest absolute Gasteiger partial charge is 0.408 e. The van der Waals surface area contributed by atoms with Gasteiger partial charge >= 0.3 is 12.1 Å². The molecule has 0 aliphatic carbocycles. The van der Waals surface area contributed by atoms with Crippen molar-refractivity contribution < 1.29 is 29.0 Å². The van der Waals surface area contributed by atoms with Gasteiger partial charge in [0, 0.05) is 13.0 Å². The molecule has 0 unspecified atom stereocenters. The molecule has 1 heterocycles. The van der Waals surface area contributed by atoms with Gasteiger partial charge in [0.05, 0.1) is 0 Å². The molecule has 3 aromatic carbocycles. The van der Waals surface area contributed by atoms with Gasteiger partial charge in [0.15, 0.2) is 0 Å². The SMILES string of the molecule is CC(C)(C)OC(=O)N[C@@H](CCC(=O)NC(c1ccccc1)(c1ccccc1)c1ccccc1)C(=O)N1CCC[C@H]1C(=O)O. The first kappa shape index (κ1) is 31.3. The van der Waals surface area contributed by atoms with Gasteiger partial charge in [-0.05, 0) is 56.7 Å². The minimum Gasteiger partial charge on any atom is -0.480 e. The molecule has 2 atom stereocenters. The third-order valence-corrected chi connectivity index (χ3v) is 7.42. The third-order valence-electron chi connectivity index (χ3n) is 7.42. The Hall–Kier alpha value is -4.66. The van der Waals surface area contributed by atoms with Crippen LogP contribution in [0.2, 0.25) is 0 Å². The summed E-state index contributed by atoms with van der Waals surface area (Å²) >= 11 is 0. The molecule has 0 radical (unpaired) electrons. The molecular formula is C34H39N3O6. The number of hydrogen-bond donors (Lipinski definition) is 3. The molecule has 0 saturated carbocycles. The molecule has 1 aliphatic heterocycles. The standard InChI is InChI=1S/C34H39N3O6/c1-33(2,3)43-32(42)35-27(30(39)37-23-13-20-28(37)31(40)41)21-22-29(38)36-34(24-14-7-4-8-15-24,25-16-9-5-10-17-25)26-18-11-6-12-19-26/h4-12,14-19,27-28H,13,20-23H2,1-3H3,(H,35,42)(H,36,38)(H,40,41)/t27-,28-/m0/s1. The number of carbonyl (C=O) groups is 4. The summed E-state index contributed by atoms with van der Waals surface area (Å²) in [4.78, 5) is 53.2. The zero-order valence-corrected chi connectivity index (χ0v) is 24.8. The highest BCUT2D eigenvalue weighted by atomic mass is 16.6. The quantitative estimate of drug-likeness (QED) is 0.293. The van der Waals surface area contributed by atoms with E-state index in [9.17, 15) is 24.3 Å². The number of carboxylic acids is 1. The van der Waals surface area contributed by atoms with Crippen LogP contribution in [-0.2, 0) is 24.7 Å². The number of rotatable bonds is 10. The highest BCUT2D eigenvalue weighted by Gasteiger charge is 2.40. The van der Waals surface area contributed by atoms with Gasteiger partial charge in [0.1, 0.15) is 23.2 Å². The van der Waals surface area contributed by atoms with Crippen molar-refractivity contribution >= 4 is 23.9 Å². The molecule has 1 saturated heterocycles. The normalized spacial score (nSPS) is 15.8. The highest BCUT2D eigenvalue weighted by Crippen LogP contribution is 2.37. The maximum absolute atomic E-state index is 13.8. The van der Waals surface area contributed by atoms with Gasteiger partial charge in [-0.1, -0.05) is 91.0 Å². The van der Waals surface area contributed by atoms with Crippen molar-refractivity contribution in [2.75, 3.05) is 6.54 Å². The number of likely N-dealkylation sites (tertiary alicyclic amines) is 1. The van der Waals surface area contributed by atoms with Crippen molar-refractivity contribution in [1.29, 1.82) is 0 Å². The number of aliphatic carboxylic acids is 1. The number of carboxylic acid groups (broad SMARTS) is 1. The lowest BCUT2D eigenvalue weighted by Crippen LogP contribution is -2.53. The van der Waals surface area contributed by atoms with Gasteiger partial charge < -0.3 is 25.4 Å². The molecule has 4 rings (SSSR count). The molecule has 0 spiro atoms. The molecule has 0 bridgehead atoms. The zero-order chi connectivity index (χ0) is 31.0. The second-order valence-electron chi connectivity index (χ2n) is 11.7. The van der Waals surface area contributed by atoms with Gasteiger partial charge in [-0.15, -0.1) is 0 Å². The second-order valence-corrected chi connectivity index (χ2v) is 11.7. The Labute approximate surface area is 252 Å². The first-order chi connectivity index (χ1) is 20.5. The average Bonchev–Trinajstić information content (AvgIpc) is 3.49. The van der Waals surface area contributed by atoms with Gasteiger partial charge in [0.2, 0.25) is 11.8 Å². The molecule has 9 heteroatoms. The minimum absolute atomic E-state index is 0.0544. The van der Waals surface area contributed by atoms with Crippen LogP contribution in [0.15, 0.2) is 91.0 Å². The van der Waals surface area contributed by atoms with Crippen molar-refractivity contribution in [2.24, 2.45) is 0 Å². The summed E-state index contributed by atoms with van der Waals surface area (Å²) in [5, 5.41) is 15.5. The summed E-state index contributed by atoms with van der Waals surface area (Å²) < 4.78 is 5.38. The van der Waals surface area contributed by atoms with E-state index in [2.05, 4.69) is 10.6 Å². The fourth-order valence-corrected chi connectivity index (χ4v) is 5.52. The Bertz CT molecular complexity index is 1310. The molecule has 3 amide bonds. The van der Waals surface area contributed by atoms with E-state index >= 15 is 0 Å². The van der Waals surface area contributed by atoms with Gasteiger partial charge in [0.25, 0.3) is 0 Å². The molecule has 1 aliphatic rings. The molecule has 43 heavy (non-hydrogen) atoms. The first-order valence-corrected chi connectivity index (χ1v) is 14.5. The number of nitrogens with zero attached hydrogens (tertiary/aromatic N) is 1. The summed E-state index contributed by atoms with van der Waals surface area (Å²) in [6.07, 6.45) is -0.123. The fourth-order valence-electron chi connectivity index (χ4n) is 5.52. The van der Waals surface area contributed by atoms with E-state index in [0.29, 0.717) is 12.8 Å². The van der Waals surface area contributed by atoms with Crippen LogP contribution in [0.3, 0.4) is 0 Å². The topological polar surface area (TPSA) is 125 Å². The number of hydrogen-bond acceptors (Lipinski definition) is 5. The number of carbonyl (C=O) groups excluding carboxylic acids is 3. The lowest BCUT2D eigenvalue weighted by atomic mass is 9.77. The third kappa shape index (κ3) is 7.60. The predicted molar refractivity (Wildman–Crippen MR) is 162 cm³/mol. The van der Waals surface area contributed by atoms with E-state index in [-0.39, 0.29) is 25.3 Å². The monoisotopic (exact) mass is 585 g/mol. The van der Waals surface area contributed by atoms with E-state index in [4.69, 9.17) is 4.74 Å². The summed E-state index contributed by atoms with van der Waals surface area (Å²) in [6.45, 7) is 5.37.